The fourth-order valence-electron chi connectivity index (χ4n) is 5.18. The molecule has 6 rings (SSSR count). The number of hydrogen-bond donors (Lipinski definition) is 1. The second kappa shape index (κ2) is 11.0. The maximum Gasteiger partial charge on any atom is 0.271 e. The molecular weight excluding hydrogens is 506 g/mol. The SMILES string of the molecule is Cc1cccc([C@H]2c3cc(OCc4nc(C(=O)NCc5ccccc5)cs4)ccc3CCN2C(=O)C2CC2)c1. The highest BCUT2D eigenvalue weighted by molar-refractivity contribution is 7.09. The number of carbonyl (C=O) groups is 2. The summed E-state index contributed by atoms with van der Waals surface area (Å²) in [4.78, 5) is 32.4. The van der Waals surface area contributed by atoms with Gasteiger partial charge in [-0.1, -0.05) is 66.2 Å². The third kappa shape index (κ3) is 5.73. The van der Waals surface area contributed by atoms with Gasteiger partial charge in [-0.2, -0.15) is 0 Å². The van der Waals surface area contributed by atoms with Crippen molar-refractivity contribution < 1.29 is 14.3 Å². The molecule has 0 unspecified atom stereocenters. The highest BCUT2D eigenvalue weighted by Crippen LogP contribution is 2.41. The Hall–Kier alpha value is -3.97. The lowest BCUT2D eigenvalue weighted by Crippen LogP contribution is -2.41. The minimum absolute atomic E-state index is 0.120. The van der Waals surface area contributed by atoms with Gasteiger partial charge in [0.1, 0.15) is 23.1 Å². The minimum atomic E-state index is -0.198. The molecule has 1 fully saturated rings. The zero-order valence-electron chi connectivity index (χ0n) is 21.9. The van der Waals surface area contributed by atoms with Gasteiger partial charge < -0.3 is 15.0 Å². The van der Waals surface area contributed by atoms with E-state index in [0.717, 1.165) is 53.3 Å². The first-order valence-corrected chi connectivity index (χ1v) is 14.3. The molecule has 7 heteroatoms. The van der Waals surface area contributed by atoms with Gasteiger partial charge in [-0.25, -0.2) is 4.98 Å². The Kier molecular flexibility index (Phi) is 7.16. The average Bonchev–Trinajstić information content (AvgIpc) is 3.71. The van der Waals surface area contributed by atoms with Crippen molar-refractivity contribution in [1.29, 1.82) is 0 Å². The molecule has 1 aromatic heterocycles. The van der Waals surface area contributed by atoms with Crippen molar-refractivity contribution in [2.75, 3.05) is 6.54 Å². The number of amides is 2. The molecule has 198 valence electrons. The fraction of sp³-hybridized carbons (Fsp3) is 0.281. The summed E-state index contributed by atoms with van der Waals surface area (Å²) in [5.41, 5.74) is 6.12. The quantitative estimate of drug-likeness (QED) is 0.306. The third-order valence-corrected chi connectivity index (χ3v) is 8.18. The Labute approximate surface area is 232 Å². The van der Waals surface area contributed by atoms with Crippen LogP contribution in [0.5, 0.6) is 5.75 Å². The van der Waals surface area contributed by atoms with Crippen LogP contribution in [-0.4, -0.2) is 28.2 Å². The Bertz CT molecular complexity index is 1500. The zero-order valence-corrected chi connectivity index (χ0v) is 22.7. The van der Waals surface area contributed by atoms with Crippen LogP contribution in [0.2, 0.25) is 0 Å². The lowest BCUT2D eigenvalue weighted by Gasteiger charge is -2.38. The molecule has 6 nitrogen and oxygen atoms in total. The largest absolute Gasteiger partial charge is 0.486 e. The van der Waals surface area contributed by atoms with Crippen LogP contribution >= 0.6 is 11.3 Å². The van der Waals surface area contributed by atoms with E-state index in [0.29, 0.717) is 12.2 Å². The van der Waals surface area contributed by atoms with Gasteiger partial charge in [0, 0.05) is 24.4 Å². The Morgan fingerprint density at radius 1 is 1.05 bits per heavy atom. The topological polar surface area (TPSA) is 71.5 Å². The van der Waals surface area contributed by atoms with Crippen LogP contribution in [0, 0.1) is 12.8 Å². The maximum atomic E-state index is 13.3. The van der Waals surface area contributed by atoms with Crippen LogP contribution in [0.1, 0.15) is 62.2 Å². The smallest absolute Gasteiger partial charge is 0.271 e. The van der Waals surface area contributed by atoms with Crippen LogP contribution in [0.25, 0.3) is 0 Å². The summed E-state index contributed by atoms with van der Waals surface area (Å²) in [6.45, 7) is 3.55. The first kappa shape index (κ1) is 25.3. The summed E-state index contributed by atoms with van der Waals surface area (Å²) >= 11 is 1.41. The van der Waals surface area contributed by atoms with Gasteiger partial charge >= 0.3 is 0 Å². The summed E-state index contributed by atoms with van der Waals surface area (Å²) in [6, 6.07) is 24.3. The van der Waals surface area contributed by atoms with Crippen LogP contribution in [0.4, 0.5) is 0 Å². The lowest BCUT2D eigenvalue weighted by molar-refractivity contribution is -0.134. The molecule has 2 aliphatic rings. The normalized spacial score (nSPS) is 16.4. The van der Waals surface area contributed by atoms with Gasteiger partial charge in [0.15, 0.2) is 0 Å². The van der Waals surface area contributed by atoms with Gasteiger partial charge in [-0.15, -0.1) is 11.3 Å². The van der Waals surface area contributed by atoms with Gasteiger partial charge in [0.25, 0.3) is 5.91 Å². The second-order valence-corrected chi connectivity index (χ2v) is 11.3. The molecule has 4 aromatic rings. The van der Waals surface area contributed by atoms with E-state index in [1.54, 1.807) is 5.38 Å². The number of nitrogens with zero attached hydrogens (tertiary/aromatic N) is 2. The molecule has 1 saturated carbocycles. The molecule has 0 radical (unpaired) electrons. The standard InChI is InChI=1S/C32H31N3O3S/c1-21-6-5-9-25(16-21)30-27-17-26(13-12-23(27)14-15-35(30)32(37)24-10-11-24)38-19-29-34-28(20-39-29)31(36)33-18-22-7-3-2-4-8-22/h2-9,12-13,16-17,20,24,30H,10-11,14-15,18-19H2,1H3,(H,33,36)/t30-/m0/s1. The zero-order chi connectivity index (χ0) is 26.8. The first-order chi connectivity index (χ1) is 19.0. The number of fused-ring (bicyclic) bond motifs is 1. The van der Waals surface area contributed by atoms with E-state index in [2.05, 4.69) is 58.5 Å². The van der Waals surface area contributed by atoms with E-state index < -0.39 is 0 Å². The summed E-state index contributed by atoms with van der Waals surface area (Å²) < 4.78 is 6.16. The number of nitrogens with one attached hydrogen (secondary N) is 1. The number of rotatable bonds is 8. The molecule has 1 N–H and O–H groups in total. The maximum absolute atomic E-state index is 13.3. The highest BCUT2D eigenvalue weighted by atomic mass is 32.1. The summed E-state index contributed by atoms with van der Waals surface area (Å²) in [6.07, 6.45) is 2.82. The molecular formula is C32H31N3O3S. The van der Waals surface area contributed by atoms with Gasteiger partial charge in [-0.05, 0) is 60.6 Å². The van der Waals surface area contributed by atoms with Crippen molar-refractivity contribution in [2.45, 2.75) is 45.4 Å². The van der Waals surface area contributed by atoms with Crippen molar-refractivity contribution in [3.05, 3.63) is 117 Å². The minimum Gasteiger partial charge on any atom is -0.486 e. The van der Waals surface area contributed by atoms with Crippen molar-refractivity contribution >= 4 is 23.2 Å². The summed E-state index contributed by atoms with van der Waals surface area (Å²) in [5.74, 6) is 0.968. The molecule has 0 saturated heterocycles. The molecule has 2 heterocycles. The molecule has 39 heavy (non-hydrogen) atoms. The summed E-state index contributed by atoms with van der Waals surface area (Å²) in [5, 5.41) is 5.42. The number of aromatic nitrogens is 1. The number of benzene rings is 3. The predicted molar refractivity (Wildman–Crippen MR) is 152 cm³/mol. The summed E-state index contributed by atoms with van der Waals surface area (Å²) in [7, 11) is 0. The predicted octanol–water partition coefficient (Wildman–Crippen LogP) is 5.84. The van der Waals surface area contributed by atoms with E-state index in [9.17, 15) is 9.59 Å². The average molecular weight is 538 g/mol. The van der Waals surface area contributed by atoms with Crippen LogP contribution in [0.15, 0.2) is 78.2 Å². The second-order valence-electron chi connectivity index (χ2n) is 10.3. The number of carbonyl (C=O) groups excluding carboxylic acids is 2. The molecule has 1 aliphatic heterocycles. The van der Waals surface area contributed by atoms with Gasteiger partial charge in [0.05, 0.1) is 6.04 Å². The van der Waals surface area contributed by atoms with Gasteiger partial charge in [-0.3, -0.25) is 9.59 Å². The number of ether oxygens (including phenoxy) is 1. The van der Waals surface area contributed by atoms with Crippen molar-refractivity contribution in [2.24, 2.45) is 5.92 Å². The monoisotopic (exact) mass is 537 g/mol. The van der Waals surface area contributed by atoms with E-state index in [-0.39, 0.29) is 30.4 Å². The lowest BCUT2D eigenvalue weighted by atomic mass is 9.87. The Morgan fingerprint density at radius 2 is 1.90 bits per heavy atom. The Morgan fingerprint density at radius 3 is 2.69 bits per heavy atom. The third-order valence-electron chi connectivity index (χ3n) is 7.36. The Balaban J connectivity index is 1.17. The molecule has 0 spiro atoms. The molecule has 0 bridgehead atoms. The first-order valence-electron chi connectivity index (χ1n) is 13.4. The van der Waals surface area contributed by atoms with E-state index in [1.807, 2.05) is 36.4 Å². The van der Waals surface area contributed by atoms with Crippen molar-refractivity contribution in [3.8, 4) is 5.75 Å². The number of aryl methyl sites for hydroxylation is 1. The van der Waals surface area contributed by atoms with E-state index in [1.165, 1.54) is 22.5 Å². The highest BCUT2D eigenvalue weighted by Gasteiger charge is 2.39. The van der Waals surface area contributed by atoms with Crippen molar-refractivity contribution in [3.63, 3.8) is 0 Å². The molecule has 1 atom stereocenters. The van der Waals surface area contributed by atoms with Gasteiger partial charge in [0.2, 0.25) is 5.91 Å². The molecule has 3 aromatic carbocycles. The van der Waals surface area contributed by atoms with Crippen LogP contribution in [0.3, 0.4) is 0 Å². The number of thiazole rings is 1. The number of hydrogen-bond acceptors (Lipinski definition) is 5. The van der Waals surface area contributed by atoms with Crippen molar-refractivity contribution in [1.82, 2.24) is 15.2 Å². The van der Waals surface area contributed by atoms with E-state index in [4.69, 9.17) is 4.74 Å². The molecule has 1 aliphatic carbocycles. The van der Waals surface area contributed by atoms with Crippen LogP contribution in [-0.2, 0) is 24.4 Å². The van der Waals surface area contributed by atoms with Crippen LogP contribution < -0.4 is 10.1 Å². The fourth-order valence-corrected chi connectivity index (χ4v) is 5.87. The van der Waals surface area contributed by atoms with E-state index >= 15 is 0 Å². The molecule has 2 amide bonds.